The van der Waals surface area contributed by atoms with E-state index in [1.165, 1.54) is 12.1 Å². The van der Waals surface area contributed by atoms with Crippen LogP contribution in [-0.2, 0) is 0 Å². The summed E-state index contributed by atoms with van der Waals surface area (Å²) in [6.07, 6.45) is -6.09. The average molecular weight is 416 g/mol. The molecule has 0 amide bonds. The Morgan fingerprint density at radius 1 is 0.960 bits per heavy atom. The molecule has 1 N–H and O–H groups in total. The molecule has 134 valence electrons. The molecule has 0 radical (unpaired) electrons. The molecule has 4 nitrogen and oxygen atoms in total. The van der Waals surface area contributed by atoms with Gasteiger partial charge in [0.25, 0.3) is 0 Å². The number of hydrogen-bond acceptors (Lipinski definition) is 4. The average Bonchev–Trinajstić information content (AvgIpc) is 2.61. The van der Waals surface area contributed by atoms with Crippen molar-refractivity contribution in [2.45, 2.75) is 12.3 Å². The number of alkyl halides is 3. The van der Waals surface area contributed by atoms with Gasteiger partial charge >= 0.3 is 6.18 Å². The van der Waals surface area contributed by atoms with Gasteiger partial charge in [0.15, 0.2) is 6.10 Å². The largest absolute Gasteiger partial charge is 0.418 e. The monoisotopic (exact) mass is 415 g/mol. The Bertz CT molecular complexity index is 699. The number of anilines is 2. The zero-order valence-electron chi connectivity index (χ0n) is 13.2. The molecule has 1 saturated heterocycles. The first-order valence-electron chi connectivity index (χ1n) is 7.81. The van der Waals surface area contributed by atoms with Gasteiger partial charge in [0, 0.05) is 48.1 Å². The van der Waals surface area contributed by atoms with Crippen LogP contribution in [0.25, 0.3) is 0 Å². The van der Waals surface area contributed by atoms with Gasteiger partial charge in [-0.15, -0.1) is 0 Å². The normalized spacial score (nSPS) is 16.8. The van der Waals surface area contributed by atoms with Crippen molar-refractivity contribution in [3.63, 3.8) is 0 Å². The number of pyridine rings is 1. The lowest BCUT2D eigenvalue weighted by Crippen LogP contribution is -2.46. The third kappa shape index (κ3) is 4.24. The van der Waals surface area contributed by atoms with Crippen molar-refractivity contribution in [3.05, 3.63) is 52.6 Å². The molecular weight excluding hydrogens is 399 g/mol. The van der Waals surface area contributed by atoms with Gasteiger partial charge in [-0.2, -0.15) is 13.2 Å². The predicted octanol–water partition coefficient (Wildman–Crippen LogP) is 3.77. The summed E-state index contributed by atoms with van der Waals surface area (Å²) in [5.74, 6) is 0.619. The lowest BCUT2D eigenvalue weighted by Gasteiger charge is -2.36. The van der Waals surface area contributed by atoms with Gasteiger partial charge in [-0.05, 0) is 30.3 Å². The molecule has 1 aliphatic heterocycles. The van der Waals surface area contributed by atoms with E-state index in [0.29, 0.717) is 5.82 Å². The van der Waals surface area contributed by atoms with E-state index in [2.05, 4.69) is 25.8 Å². The Labute approximate surface area is 152 Å². The van der Waals surface area contributed by atoms with Crippen molar-refractivity contribution in [2.24, 2.45) is 0 Å². The molecule has 8 heteroatoms. The highest BCUT2D eigenvalue weighted by Crippen LogP contribution is 2.32. The van der Waals surface area contributed by atoms with Crippen molar-refractivity contribution in [1.29, 1.82) is 0 Å². The second-order valence-electron chi connectivity index (χ2n) is 5.84. The van der Waals surface area contributed by atoms with Crippen LogP contribution in [0.1, 0.15) is 11.7 Å². The minimum absolute atomic E-state index is 0.246. The van der Waals surface area contributed by atoms with Crippen LogP contribution >= 0.6 is 15.9 Å². The SMILES string of the molecule is OC(c1ccc(N2CCN(c3ccc(Br)cc3)CC2)nc1)C(F)(F)F. The quantitative estimate of drug-likeness (QED) is 0.827. The van der Waals surface area contributed by atoms with Crippen molar-refractivity contribution in [3.8, 4) is 0 Å². The zero-order chi connectivity index (χ0) is 18.0. The molecule has 1 aromatic carbocycles. The van der Waals surface area contributed by atoms with E-state index < -0.39 is 12.3 Å². The number of nitrogens with zero attached hydrogens (tertiary/aromatic N) is 3. The molecule has 1 atom stereocenters. The summed E-state index contributed by atoms with van der Waals surface area (Å²) in [5.41, 5.74) is 0.893. The molecule has 1 unspecified atom stereocenters. The minimum Gasteiger partial charge on any atom is -0.379 e. The molecule has 1 aliphatic rings. The first kappa shape index (κ1) is 18.0. The summed E-state index contributed by atoms with van der Waals surface area (Å²) >= 11 is 3.41. The topological polar surface area (TPSA) is 39.6 Å². The molecule has 0 bridgehead atoms. The number of rotatable bonds is 3. The number of benzene rings is 1. The van der Waals surface area contributed by atoms with Crippen molar-refractivity contribution >= 4 is 27.4 Å². The summed E-state index contributed by atoms with van der Waals surface area (Å²) < 4.78 is 38.6. The first-order valence-corrected chi connectivity index (χ1v) is 8.60. The smallest absolute Gasteiger partial charge is 0.379 e. The predicted molar refractivity (Wildman–Crippen MR) is 93.8 cm³/mol. The fourth-order valence-electron chi connectivity index (χ4n) is 2.78. The lowest BCUT2D eigenvalue weighted by atomic mass is 10.1. The second kappa shape index (κ2) is 7.21. The fraction of sp³-hybridized carbons (Fsp3) is 0.353. The highest BCUT2D eigenvalue weighted by atomic mass is 79.9. The molecule has 25 heavy (non-hydrogen) atoms. The van der Waals surface area contributed by atoms with Crippen LogP contribution in [0.3, 0.4) is 0 Å². The van der Waals surface area contributed by atoms with E-state index >= 15 is 0 Å². The Hall–Kier alpha value is -1.80. The Kier molecular flexibility index (Phi) is 5.19. The van der Waals surface area contributed by atoms with Crippen LogP contribution in [0.5, 0.6) is 0 Å². The van der Waals surface area contributed by atoms with Crippen molar-refractivity contribution in [2.75, 3.05) is 36.0 Å². The van der Waals surface area contributed by atoms with Crippen LogP contribution in [0.4, 0.5) is 24.7 Å². The molecule has 0 spiro atoms. The summed E-state index contributed by atoms with van der Waals surface area (Å²) in [5, 5.41) is 9.25. The highest BCUT2D eigenvalue weighted by Gasteiger charge is 2.39. The second-order valence-corrected chi connectivity index (χ2v) is 6.76. The number of aliphatic hydroxyl groups excluding tert-OH is 1. The van der Waals surface area contributed by atoms with Gasteiger partial charge in [-0.1, -0.05) is 22.0 Å². The van der Waals surface area contributed by atoms with E-state index in [1.807, 2.05) is 29.2 Å². The number of hydrogen-bond donors (Lipinski definition) is 1. The first-order chi connectivity index (χ1) is 11.8. The van der Waals surface area contributed by atoms with E-state index in [4.69, 9.17) is 0 Å². The van der Waals surface area contributed by atoms with E-state index in [1.54, 1.807) is 0 Å². The highest BCUT2D eigenvalue weighted by molar-refractivity contribution is 9.10. The number of piperazine rings is 1. The van der Waals surface area contributed by atoms with Gasteiger partial charge < -0.3 is 14.9 Å². The van der Waals surface area contributed by atoms with Gasteiger partial charge in [0.2, 0.25) is 0 Å². The molecule has 1 aromatic heterocycles. The standard InChI is InChI=1S/C17H17BrF3N3O/c18-13-2-4-14(5-3-13)23-7-9-24(10-8-23)15-6-1-12(11-22-15)16(25)17(19,20)21/h1-6,11,16,25H,7-10H2. The Morgan fingerprint density at radius 2 is 1.56 bits per heavy atom. The summed E-state index contributed by atoms with van der Waals surface area (Å²) in [7, 11) is 0. The summed E-state index contributed by atoms with van der Waals surface area (Å²) in [6.45, 7) is 3.06. The molecule has 2 aromatic rings. The maximum atomic E-state index is 12.5. The van der Waals surface area contributed by atoms with Crippen LogP contribution < -0.4 is 9.80 Å². The maximum Gasteiger partial charge on any atom is 0.418 e. The zero-order valence-corrected chi connectivity index (χ0v) is 14.8. The molecular formula is C17H17BrF3N3O. The Morgan fingerprint density at radius 3 is 2.08 bits per heavy atom. The molecule has 3 rings (SSSR count). The lowest BCUT2D eigenvalue weighted by molar-refractivity contribution is -0.206. The van der Waals surface area contributed by atoms with Gasteiger partial charge in [0.05, 0.1) is 0 Å². The third-order valence-corrected chi connectivity index (χ3v) is 4.72. The summed E-state index contributed by atoms with van der Waals surface area (Å²) in [6, 6.07) is 10.9. The van der Waals surface area contributed by atoms with Gasteiger partial charge in [0.1, 0.15) is 5.82 Å². The third-order valence-electron chi connectivity index (χ3n) is 4.19. The van der Waals surface area contributed by atoms with Crippen LogP contribution in [0.15, 0.2) is 47.1 Å². The number of aliphatic hydroxyl groups is 1. The summed E-state index contributed by atoms with van der Waals surface area (Å²) in [4.78, 5) is 8.37. The van der Waals surface area contributed by atoms with Crippen LogP contribution in [0, 0.1) is 0 Å². The van der Waals surface area contributed by atoms with Gasteiger partial charge in [-0.25, -0.2) is 4.98 Å². The minimum atomic E-state index is -4.68. The molecule has 2 heterocycles. The fourth-order valence-corrected chi connectivity index (χ4v) is 3.05. The number of aromatic nitrogens is 1. The molecule has 0 saturated carbocycles. The van der Waals surface area contributed by atoms with Crippen molar-refractivity contribution < 1.29 is 18.3 Å². The van der Waals surface area contributed by atoms with Crippen molar-refractivity contribution in [1.82, 2.24) is 4.98 Å². The molecule has 1 fully saturated rings. The Balaban J connectivity index is 1.62. The molecule has 0 aliphatic carbocycles. The van der Waals surface area contributed by atoms with E-state index in [-0.39, 0.29) is 5.56 Å². The van der Waals surface area contributed by atoms with E-state index in [9.17, 15) is 18.3 Å². The van der Waals surface area contributed by atoms with Gasteiger partial charge in [-0.3, -0.25) is 0 Å². The van der Waals surface area contributed by atoms with E-state index in [0.717, 1.165) is 42.5 Å². The van der Waals surface area contributed by atoms with Crippen LogP contribution in [-0.4, -0.2) is 42.4 Å². The van der Waals surface area contributed by atoms with Crippen LogP contribution in [0.2, 0.25) is 0 Å². The maximum absolute atomic E-state index is 12.5. The number of halogens is 4.